The second kappa shape index (κ2) is 7.44. The number of oxazole rings is 1. The minimum absolute atomic E-state index is 0.0452. The molecule has 0 aliphatic carbocycles. The molecule has 1 aliphatic heterocycles. The van der Waals surface area contributed by atoms with Crippen molar-refractivity contribution < 1.29 is 9.21 Å². The van der Waals surface area contributed by atoms with E-state index < -0.39 is 0 Å². The average Bonchev–Trinajstić information content (AvgIpc) is 3.21. The molecule has 24 heavy (non-hydrogen) atoms. The molecule has 2 N–H and O–H groups in total. The molecule has 7 heteroatoms. The molecule has 3 heterocycles. The predicted octanol–water partition coefficient (Wildman–Crippen LogP) is 1.36. The second-order valence-corrected chi connectivity index (χ2v) is 6.20. The topological polar surface area (TPSA) is 90.2 Å². The molecule has 0 aromatic carbocycles. The van der Waals surface area contributed by atoms with E-state index in [-0.39, 0.29) is 5.91 Å². The van der Waals surface area contributed by atoms with E-state index in [1.165, 1.54) is 0 Å². The number of carbonyl (C=O) groups excluding carboxylic acids is 1. The summed E-state index contributed by atoms with van der Waals surface area (Å²) in [6.45, 7) is 1.86. The fourth-order valence-corrected chi connectivity index (χ4v) is 3.05. The van der Waals surface area contributed by atoms with Crippen molar-refractivity contribution in [1.82, 2.24) is 19.7 Å². The number of hydrogen-bond acceptors (Lipinski definition) is 5. The SMILES string of the molecule is Cn1cc(/C=C/C(=O)N2CCC[C@@H](Cc3cnc(CN)o3)C2)cn1. The van der Waals surface area contributed by atoms with Crippen LogP contribution >= 0.6 is 0 Å². The van der Waals surface area contributed by atoms with Gasteiger partial charge in [-0.1, -0.05) is 0 Å². The van der Waals surface area contributed by atoms with E-state index >= 15 is 0 Å². The number of nitrogens with two attached hydrogens (primary N) is 1. The Morgan fingerprint density at radius 2 is 2.38 bits per heavy atom. The summed E-state index contributed by atoms with van der Waals surface area (Å²) in [6, 6.07) is 0. The molecular formula is C17H23N5O2. The molecule has 3 rings (SSSR count). The molecular weight excluding hydrogens is 306 g/mol. The number of rotatable bonds is 5. The Kier molecular flexibility index (Phi) is 5.10. The number of piperidine rings is 1. The molecule has 128 valence electrons. The van der Waals surface area contributed by atoms with E-state index in [2.05, 4.69) is 10.1 Å². The Morgan fingerprint density at radius 3 is 3.08 bits per heavy atom. The highest BCUT2D eigenvalue weighted by atomic mass is 16.4. The van der Waals surface area contributed by atoms with Gasteiger partial charge in [-0.25, -0.2) is 4.98 Å². The van der Waals surface area contributed by atoms with Crippen molar-refractivity contribution >= 4 is 12.0 Å². The molecule has 1 atom stereocenters. The fraction of sp³-hybridized carbons (Fsp3) is 0.471. The van der Waals surface area contributed by atoms with E-state index in [1.54, 1.807) is 23.2 Å². The van der Waals surface area contributed by atoms with Crippen LogP contribution in [0.5, 0.6) is 0 Å². The Balaban J connectivity index is 1.56. The van der Waals surface area contributed by atoms with Crippen LogP contribution in [-0.2, 0) is 24.8 Å². The van der Waals surface area contributed by atoms with Crippen LogP contribution in [0.4, 0.5) is 0 Å². The highest BCUT2D eigenvalue weighted by Gasteiger charge is 2.23. The molecule has 1 aliphatic rings. The highest BCUT2D eigenvalue weighted by Crippen LogP contribution is 2.21. The lowest BCUT2D eigenvalue weighted by Gasteiger charge is -2.31. The van der Waals surface area contributed by atoms with Crippen molar-refractivity contribution in [3.05, 3.63) is 41.9 Å². The predicted molar refractivity (Wildman–Crippen MR) is 89.6 cm³/mol. The van der Waals surface area contributed by atoms with E-state index in [9.17, 15) is 4.79 Å². The first-order chi connectivity index (χ1) is 11.6. The van der Waals surface area contributed by atoms with Crippen molar-refractivity contribution in [3.8, 4) is 0 Å². The van der Waals surface area contributed by atoms with Gasteiger partial charge in [0.2, 0.25) is 11.8 Å². The first kappa shape index (κ1) is 16.4. The minimum Gasteiger partial charge on any atom is -0.444 e. The third-order valence-electron chi connectivity index (χ3n) is 4.24. The second-order valence-electron chi connectivity index (χ2n) is 6.20. The zero-order chi connectivity index (χ0) is 16.9. The van der Waals surface area contributed by atoms with Crippen LogP contribution in [0.15, 0.2) is 29.1 Å². The molecule has 0 saturated carbocycles. The lowest BCUT2D eigenvalue weighted by molar-refractivity contribution is -0.127. The van der Waals surface area contributed by atoms with Gasteiger partial charge in [0.25, 0.3) is 0 Å². The first-order valence-electron chi connectivity index (χ1n) is 8.23. The molecule has 0 unspecified atom stereocenters. The minimum atomic E-state index is 0.0452. The van der Waals surface area contributed by atoms with E-state index in [0.717, 1.165) is 43.7 Å². The van der Waals surface area contributed by atoms with Crippen molar-refractivity contribution in [2.24, 2.45) is 18.7 Å². The summed E-state index contributed by atoms with van der Waals surface area (Å²) in [5.41, 5.74) is 6.44. The Labute approximate surface area is 141 Å². The maximum Gasteiger partial charge on any atom is 0.246 e. The molecule has 1 saturated heterocycles. The summed E-state index contributed by atoms with van der Waals surface area (Å²) in [4.78, 5) is 18.4. The number of aryl methyl sites for hydroxylation is 1. The van der Waals surface area contributed by atoms with Crippen LogP contribution in [0.1, 0.15) is 30.1 Å². The van der Waals surface area contributed by atoms with Crippen molar-refractivity contribution in [1.29, 1.82) is 0 Å². The van der Waals surface area contributed by atoms with Crippen molar-refractivity contribution in [2.75, 3.05) is 13.1 Å². The zero-order valence-corrected chi connectivity index (χ0v) is 13.9. The third-order valence-corrected chi connectivity index (χ3v) is 4.24. The average molecular weight is 329 g/mol. The van der Waals surface area contributed by atoms with Crippen molar-refractivity contribution in [2.45, 2.75) is 25.8 Å². The maximum atomic E-state index is 12.4. The van der Waals surface area contributed by atoms with Gasteiger partial charge in [0, 0.05) is 44.4 Å². The Hall–Kier alpha value is -2.41. The van der Waals surface area contributed by atoms with Crippen LogP contribution in [0.25, 0.3) is 6.08 Å². The number of aromatic nitrogens is 3. The van der Waals surface area contributed by atoms with Gasteiger partial charge in [-0.2, -0.15) is 5.10 Å². The van der Waals surface area contributed by atoms with Gasteiger partial charge < -0.3 is 15.1 Å². The molecule has 7 nitrogen and oxygen atoms in total. The summed E-state index contributed by atoms with van der Waals surface area (Å²) in [7, 11) is 1.86. The van der Waals surface area contributed by atoms with Gasteiger partial charge in [-0.15, -0.1) is 0 Å². The fourth-order valence-electron chi connectivity index (χ4n) is 3.05. The quantitative estimate of drug-likeness (QED) is 0.837. The summed E-state index contributed by atoms with van der Waals surface area (Å²) in [5, 5.41) is 4.09. The van der Waals surface area contributed by atoms with E-state index in [4.69, 9.17) is 10.2 Å². The highest BCUT2D eigenvalue weighted by molar-refractivity contribution is 5.91. The normalized spacial score (nSPS) is 18.4. The summed E-state index contributed by atoms with van der Waals surface area (Å²) in [6.07, 6.45) is 11.7. The van der Waals surface area contributed by atoms with Crippen LogP contribution in [0.2, 0.25) is 0 Å². The lowest BCUT2D eigenvalue weighted by Crippen LogP contribution is -2.39. The largest absolute Gasteiger partial charge is 0.444 e. The van der Waals surface area contributed by atoms with E-state index in [0.29, 0.717) is 18.4 Å². The van der Waals surface area contributed by atoms with Crippen LogP contribution in [-0.4, -0.2) is 38.7 Å². The molecule has 2 aromatic rings. The number of nitrogens with zero attached hydrogens (tertiary/aromatic N) is 4. The van der Waals surface area contributed by atoms with Gasteiger partial charge in [-0.3, -0.25) is 9.48 Å². The monoisotopic (exact) mass is 329 g/mol. The van der Waals surface area contributed by atoms with Crippen molar-refractivity contribution in [3.63, 3.8) is 0 Å². The maximum absolute atomic E-state index is 12.4. The Bertz CT molecular complexity index is 718. The molecule has 2 aromatic heterocycles. The van der Waals surface area contributed by atoms with Crippen LogP contribution in [0, 0.1) is 5.92 Å². The molecule has 1 amide bonds. The summed E-state index contributed by atoms with van der Waals surface area (Å²) < 4.78 is 7.29. The van der Waals surface area contributed by atoms with Gasteiger partial charge in [0.05, 0.1) is 18.9 Å². The summed E-state index contributed by atoms with van der Waals surface area (Å²) >= 11 is 0. The first-order valence-corrected chi connectivity index (χ1v) is 8.23. The number of carbonyl (C=O) groups is 1. The van der Waals surface area contributed by atoms with Crippen LogP contribution < -0.4 is 5.73 Å². The molecule has 0 bridgehead atoms. The van der Waals surface area contributed by atoms with Gasteiger partial charge in [0.15, 0.2) is 0 Å². The van der Waals surface area contributed by atoms with Gasteiger partial charge >= 0.3 is 0 Å². The van der Waals surface area contributed by atoms with Gasteiger partial charge in [0.1, 0.15) is 5.76 Å². The molecule has 1 fully saturated rings. The summed E-state index contributed by atoms with van der Waals surface area (Å²) in [5.74, 6) is 1.85. The molecule has 0 radical (unpaired) electrons. The number of hydrogen-bond donors (Lipinski definition) is 1. The third kappa shape index (κ3) is 4.11. The van der Waals surface area contributed by atoms with Gasteiger partial charge in [-0.05, 0) is 24.8 Å². The van der Waals surface area contributed by atoms with Crippen LogP contribution in [0.3, 0.4) is 0 Å². The Morgan fingerprint density at radius 1 is 1.50 bits per heavy atom. The smallest absolute Gasteiger partial charge is 0.246 e. The number of likely N-dealkylation sites (tertiary alicyclic amines) is 1. The number of amides is 1. The lowest BCUT2D eigenvalue weighted by atomic mass is 9.94. The molecule has 0 spiro atoms. The zero-order valence-electron chi connectivity index (χ0n) is 13.9. The standard InChI is InChI=1S/C17H23N5O2/c1-21-11-14(9-20-21)4-5-17(23)22-6-2-3-13(12-22)7-15-10-19-16(8-18)24-15/h4-5,9-11,13H,2-3,6-8,12,18H2,1H3/b5-4+/t13-/m0/s1. The van der Waals surface area contributed by atoms with E-state index in [1.807, 2.05) is 24.2 Å².